The van der Waals surface area contributed by atoms with E-state index in [2.05, 4.69) is 48.7 Å². The van der Waals surface area contributed by atoms with E-state index in [1.165, 1.54) is 17.2 Å². The van der Waals surface area contributed by atoms with Crippen LogP contribution in [0.15, 0.2) is 79.4 Å². The fraction of sp³-hybridized carbons (Fsp3) is 0.160. The van der Waals surface area contributed by atoms with E-state index >= 15 is 0 Å². The van der Waals surface area contributed by atoms with Crippen LogP contribution in [0.3, 0.4) is 0 Å². The number of hydrogen-bond donors (Lipinski definition) is 0. The average molecular weight is 385 g/mol. The molecule has 29 heavy (non-hydrogen) atoms. The predicted octanol–water partition coefficient (Wildman–Crippen LogP) is 6.23. The smallest absolute Gasteiger partial charge is 0.330 e. The fourth-order valence-electron chi connectivity index (χ4n) is 3.60. The Morgan fingerprint density at radius 1 is 1.00 bits per heavy atom. The summed E-state index contributed by atoms with van der Waals surface area (Å²) in [6.07, 6.45) is 2.82. The van der Waals surface area contributed by atoms with Crippen molar-refractivity contribution < 1.29 is 14.3 Å². The molecule has 0 unspecified atom stereocenters. The molecule has 0 aliphatic carbocycles. The van der Waals surface area contributed by atoms with Crippen LogP contribution in [-0.4, -0.2) is 12.6 Å². The topological polar surface area (TPSA) is 38.8 Å². The monoisotopic (exact) mass is 385 g/mol. The third kappa shape index (κ3) is 3.87. The minimum atomic E-state index is -0.374. The van der Waals surface area contributed by atoms with Crippen LogP contribution in [0.25, 0.3) is 0 Å². The molecule has 146 valence electrons. The predicted molar refractivity (Wildman–Crippen MR) is 115 cm³/mol. The lowest BCUT2D eigenvalue weighted by Gasteiger charge is -2.33. The number of hydrogen-bond acceptors (Lipinski definition) is 4. The summed E-state index contributed by atoms with van der Waals surface area (Å²) in [5.74, 6) is 1.32. The number of para-hydroxylation sites is 4. The Kier molecular flexibility index (Phi) is 5.34. The van der Waals surface area contributed by atoms with Crippen molar-refractivity contribution in [3.05, 3.63) is 90.5 Å². The first kappa shape index (κ1) is 18.8. The van der Waals surface area contributed by atoms with E-state index in [0.717, 1.165) is 41.4 Å². The van der Waals surface area contributed by atoms with Crippen molar-refractivity contribution in [1.29, 1.82) is 0 Å². The summed E-state index contributed by atoms with van der Waals surface area (Å²) in [5, 5.41) is 0. The van der Waals surface area contributed by atoms with Crippen molar-refractivity contribution in [2.45, 2.75) is 19.8 Å². The molecule has 4 nitrogen and oxygen atoms in total. The van der Waals surface area contributed by atoms with Crippen LogP contribution in [0.2, 0.25) is 0 Å². The van der Waals surface area contributed by atoms with Crippen molar-refractivity contribution in [2.24, 2.45) is 0 Å². The minimum absolute atomic E-state index is 0.374. The van der Waals surface area contributed by atoms with E-state index in [-0.39, 0.29) is 5.97 Å². The van der Waals surface area contributed by atoms with E-state index in [0.29, 0.717) is 6.61 Å². The van der Waals surface area contributed by atoms with Crippen molar-refractivity contribution in [2.75, 3.05) is 11.5 Å². The molecule has 0 spiro atoms. The van der Waals surface area contributed by atoms with Gasteiger partial charge in [-0.1, -0.05) is 43.0 Å². The lowest BCUT2D eigenvalue weighted by Crippen LogP contribution is -2.16. The molecule has 3 aromatic carbocycles. The summed E-state index contributed by atoms with van der Waals surface area (Å²) < 4.78 is 11.2. The molecule has 0 amide bonds. The summed E-state index contributed by atoms with van der Waals surface area (Å²) in [5.41, 5.74) is 5.57. The highest BCUT2D eigenvalue weighted by Gasteiger charge is 2.26. The van der Waals surface area contributed by atoms with E-state index in [9.17, 15) is 4.79 Å². The van der Waals surface area contributed by atoms with Gasteiger partial charge in [0.2, 0.25) is 0 Å². The van der Waals surface area contributed by atoms with Crippen LogP contribution in [0.1, 0.15) is 17.5 Å². The van der Waals surface area contributed by atoms with Gasteiger partial charge in [-0.3, -0.25) is 0 Å². The first-order valence-electron chi connectivity index (χ1n) is 9.72. The molecule has 4 heteroatoms. The molecule has 0 bridgehead atoms. The SMILES string of the molecule is C=CC(=O)OCCCc1ccc(N2c3ccccc3Oc3ccccc32)c(C)c1. The van der Waals surface area contributed by atoms with Crippen LogP contribution in [0.5, 0.6) is 11.5 Å². The first-order chi connectivity index (χ1) is 14.2. The second-order valence-corrected chi connectivity index (χ2v) is 6.97. The van der Waals surface area contributed by atoms with Crippen LogP contribution in [-0.2, 0) is 16.0 Å². The number of carbonyl (C=O) groups is 1. The number of esters is 1. The third-order valence-electron chi connectivity index (χ3n) is 4.96. The van der Waals surface area contributed by atoms with Gasteiger partial charge in [-0.25, -0.2) is 4.79 Å². The summed E-state index contributed by atoms with van der Waals surface area (Å²) in [6.45, 7) is 5.93. The van der Waals surface area contributed by atoms with Gasteiger partial charge in [-0.15, -0.1) is 0 Å². The van der Waals surface area contributed by atoms with Crippen LogP contribution < -0.4 is 9.64 Å². The maximum atomic E-state index is 11.1. The number of nitrogens with zero attached hydrogens (tertiary/aromatic N) is 1. The minimum Gasteiger partial charge on any atom is -0.463 e. The highest BCUT2D eigenvalue weighted by atomic mass is 16.5. The molecule has 0 aromatic heterocycles. The molecule has 1 heterocycles. The number of anilines is 3. The Hall–Kier alpha value is -3.53. The fourth-order valence-corrected chi connectivity index (χ4v) is 3.60. The molecule has 0 fully saturated rings. The number of aryl methyl sites for hydroxylation is 2. The molecule has 3 aromatic rings. The number of carbonyl (C=O) groups excluding carboxylic acids is 1. The van der Waals surface area contributed by atoms with Crippen LogP contribution in [0, 0.1) is 6.92 Å². The van der Waals surface area contributed by atoms with Gasteiger partial charge in [0.25, 0.3) is 0 Å². The molecule has 0 radical (unpaired) electrons. The van der Waals surface area contributed by atoms with E-state index < -0.39 is 0 Å². The second-order valence-electron chi connectivity index (χ2n) is 6.97. The number of fused-ring (bicyclic) bond motifs is 2. The standard InChI is InChI=1S/C25H23NO3/c1-3-25(27)28-16-8-9-19-14-15-20(18(2)17-19)26-21-10-4-6-12-23(21)29-24-13-7-5-11-22(24)26/h3-7,10-15,17H,1,8-9,16H2,2H3. The van der Waals surface area contributed by atoms with Gasteiger partial charge in [-0.05, 0) is 61.2 Å². The van der Waals surface area contributed by atoms with Gasteiger partial charge >= 0.3 is 5.97 Å². The van der Waals surface area contributed by atoms with Gasteiger partial charge in [-0.2, -0.15) is 0 Å². The van der Waals surface area contributed by atoms with E-state index in [4.69, 9.17) is 9.47 Å². The molecule has 4 rings (SSSR count). The molecular formula is C25H23NO3. The van der Waals surface area contributed by atoms with Crippen molar-refractivity contribution >= 4 is 23.0 Å². The molecule has 0 saturated carbocycles. The van der Waals surface area contributed by atoms with Gasteiger partial charge in [0.15, 0.2) is 11.5 Å². The van der Waals surface area contributed by atoms with Gasteiger partial charge in [0.1, 0.15) is 0 Å². The highest BCUT2D eigenvalue weighted by Crippen LogP contribution is 2.50. The summed E-state index contributed by atoms with van der Waals surface area (Å²) in [4.78, 5) is 13.4. The number of rotatable bonds is 6. The molecule has 0 atom stereocenters. The van der Waals surface area contributed by atoms with Crippen molar-refractivity contribution in [1.82, 2.24) is 0 Å². The van der Waals surface area contributed by atoms with Crippen LogP contribution in [0.4, 0.5) is 17.1 Å². The number of ether oxygens (including phenoxy) is 2. The lowest BCUT2D eigenvalue weighted by atomic mass is 10.0. The first-order valence-corrected chi connectivity index (χ1v) is 9.72. The lowest BCUT2D eigenvalue weighted by molar-refractivity contribution is -0.137. The average Bonchev–Trinajstić information content (AvgIpc) is 2.75. The third-order valence-corrected chi connectivity index (χ3v) is 4.96. The zero-order chi connectivity index (χ0) is 20.2. The Labute approximate surface area is 171 Å². The normalized spacial score (nSPS) is 11.8. The summed E-state index contributed by atoms with van der Waals surface area (Å²) in [6, 6.07) is 22.6. The van der Waals surface area contributed by atoms with Crippen LogP contribution >= 0.6 is 0 Å². The molecule has 0 N–H and O–H groups in total. The Morgan fingerprint density at radius 3 is 2.28 bits per heavy atom. The largest absolute Gasteiger partial charge is 0.463 e. The zero-order valence-corrected chi connectivity index (χ0v) is 16.4. The Morgan fingerprint density at radius 2 is 1.66 bits per heavy atom. The zero-order valence-electron chi connectivity index (χ0n) is 16.4. The number of benzene rings is 3. The molecule has 1 aliphatic rings. The summed E-state index contributed by atoms with van der Waals surface area (Å²) >= 11 is 0. The Bertz CT molecular complexity index is 1010. The summed E-state index contributed by atoms with van der Waals surface area (Å²) in [7, 11) is 0. The van der Waals surface area contributed by atoms with Gasteiger partial charge < -0.3 is 14.4 Å². The second kappa shape index (κ2) is 8.23. The van der Waals surface area contributed by atoms with Crippen molar-refractivity contribution in [3.63, 3.8) is 0 Å². The van der Waals surface area contributed by atoms with Gasteiger partial charge in [0, 0.05) is 11.8 Å². The van der Waals surface area contributed by atoms with Gasteiger partial charge in [0.05, 0.1) is 18.0 Å². The highest BCUT2D eigenvalue weighted by molar-refractivity contribution is 5.87. The maximum absolute atomic E-state index is 11.1. The quantitative estimate of drug-likeness (QED) is 0.224. The van der Waals surface area contributed by atoms with E-state index in [1.54, 1.807) is 0 Å². The molecule has 0 saturated heterocycles. The van der Waals surface area contributed by atoms with Crippen molar-refractivity contribution in [3.8, 4) is 11.5 Å². The molecule has 1 aliphatic heterocycles. The maximum Gasteiger partial charge on any atom is 0.330 e. The molecular weight excluding hydrogens is 362 g/mol. The Balaban J connectivity index is 1.60. The van der Waals surface area contributed by atoms with E-state index in [1.807, 2.05) is 36.4 Å².